The summed E-state index contributed by atoms with van der Waals surface area (Å²) in [5.41, 5.74) is 8.00. The molecule has 1 aliphatic rings. The number of benzene rings is 1. The summed E-state index contributed by atoms with van der Waals surface area (Å²) >= 11 is 0. The standard InChI is InChI=1S/C19H27N3/c1-14-15(2)20-16(3)19(14)18-7-5-17(6-8-18)13-22-11-9-21(4)10-12-22/h5-8,20H,9-13H2,1-4H3. The molecule has 1 saturated heterocycles. The van der Waals surface area contributed by atoms with Crippen LogP contribution in [0, 0.1) is 20.8 Å². The Kier molecular flexibility index (Phi) is 4.37. The largest absolute Gasteiger partial charge is 0.362 e. The fraction of sp³-hybridized carbons (Fsp3) is 0.474. The smallest absolute Gasteiger partial charge is 0.0234 e. The third-order valence-electron chi connectivity index (χ3n) is 4.93. The van der Waals surface area contributed by atoms with Crippen molar-refractivity contribution < 1.29 is 0 Å². The third kappa shape index (κ3) is 3.11. The zero-order chi connectivity index (χ0) is 15.7. The fourth-order valence-corrected chi connectivity index (χ4v) is 3.38. The molecule has 3 heteroatoms. The van der Waals surface area contributed by atoms with Crippen molar-refractivity contribution in [2.75, 3.05) is 33.2 Å². The molecule has 0 bridgehead atoms. The van der Waals surface area contributed by atoms with Crippen LogP contribution in [-0.4, -0.2) is 48.0 Å². The summed E-state index contributed by atoms with van der Waals surface area (Å²) in [5.74, 6) is 0. The topological polar surface area (TPSA) is 22.3 Å². The molecule has 0 aliphatic carbocycles. The number of aryl methyl sites for hydroxylation is 2. The molecule has 2 heterocycles. The lowest BCUT2D eigenvalue weighted by Crippen LogP contribution is -2.43. The van der Waals surface area contributed by atoms with Gasteiger partial charge in [0.25, 0.3) is 0 Å². The fourth-order valence-electron chi connectivity index (χ4n) is 3.38. The molecule has 1 N–H and O–H groups in total. The van der Waals surface area contributed by atoms with Gasteiger partial charge in [-0.1, -0.05) is 24.3 Å². The van der Waals surface area contributed by atoms with E-state index in [2.05, 4.69) is 66.9 Å². The first-order valence-corrected chi connectivity index (χ1v) is 8.20. The summed E-state index contributed by atoms with van der Waals surface area (Å²) in [7, 11) is 2.20. The molecule has 1 aromatic carbocycles. The molecular formula is C19H27N3. The number of piperazine rings is 1. The third-order valence-corrected chi connectivity index (χ3v) is 4.93. The van der Waals surface area contributed by atoms with Gasteiger partial charge in [0.2, 0.25) is 0 Å². The Balaban J connectivity index is 1.73. The molecule has 3 rings (SSSR count). The number of likely N-dealkylation sites (N-methyl/N-ethyl adjacent to an activating group) is 1. The lowest BCUT2D eigenvalue weighted by molar-refractivity contribution is 0.148. The quantitative estimate of drug-likeness (QED) is 0.938. The van der Waals surface area contributed by atoms with E-state index in [1.165, 1.54) is 59.8 Å². The summed E-state index contributed by atoms with van der Waals surface area (Å²) < 4.78 is 0. The van der Waals surface area contributed by atoms with Crippen molar-refractivity contribution >= 4 is 0 Å². The number of hydrogen-bond donors (Lipinski definition) is 1. The predicted octanol–water partition coefficient (Wildman–Crippen LogP) is 3.35. The van der Waals surface area contributed by atoms with Crippen molar-refractivity contribution in [1.29, 1.82) is 0 Å². The van der Waals surface area contributed by atoms with Crippen LogP contribution >= 0.6 is 0 Å². The summed E-state index contributed by atoms with van der Waals surface area (Å²) in [6, 6.07) is 9.12. The first-order valence-electron chi connectivity index (χ1n) is 8.20. The van der Waals surface area contributed by atoms with E-state index in [0.29, 0.717) is 0 Å². The van der Waals surface area contributed by atoms with Crippen molar-refractivity contribution in [3.8, 4) is 11.1 Å². The highest BCUT2D eigenvalue weighted by molar-refractivity contribution is 5.71. The Morgan fingerprint density at radius 2 is 1.55 bits per heavy atom. The highest BCUT2D eigenvalue weighted by atomic mass is 15.2. The highest BCUT2D eigenvalue weighted by Crippen LogP contribution is 2.29. The van der Waals surface area contributed by atoms with Gasteiger partial charge in [-0.25, -0.2) is 0 Å². The van der Waals surface area contributed by atoms with Crippen LogP contribution in [0.1, 0.15) is 22.5 Å². The van der Waals surface area contributed by atoms with Crippen LogP contribution in [0.2, 0.25) is 0 Å². The van der Waals surface area contributed by atoms with Gasteiger partial charge < -0.3 is 9.88 Å². The van der Waals surface area contributed by atoms with Crippen LogP contribution in [0.5, 0.6) is 0 Å². The van der Waals surface area contributed by atoms with Crippen LogP contribution in [0.15, 0.2) is 24.3 Å². The maximum Gasteiger partial charge on any atom is 0.0234 e. The Bertz CT molecular complexity index is 631. The molecule has 0 saturated carbocycles. The Labute approximate surface area is 133 Å². The highest BCUT2D eigenvalue weighted by Gasteiger charge is 2.14. The van der Waals surface area contributed by atoms with Crippen LogP contribution in [-0.2, 0) is 6.54 Å². The molecule has 0 radical (unpaired) electrons. The minimum absolute atomic E-state index is 1.07. The monoisotopic (exact) mass is 297 g/mol. The van der Waals surface area contributed by atoms with Crippen molar-refractivity contribution in [3.63, 3.8) is 0 Å². The van der Waals surface area contributed by atoms with E-state index in [0.717, 1.165) is 6.54 Å². The van der Waals surface area contributed by atoms with Gasteiger partial charge in [-0.15, -0.1) is 0 Å². The maximum atomic E-state index is 3.45. The first kappa shape index (κ1) is 15.3. The second-order valence-corrected chi connectivity index (χ2v) is 6.65. The number of hydrogen-bond acceptors (Lipinski definition) is 2. The predicted molar refractivity (Wildman–Crippen MR) is 93.2 cm³/mol. The summed E-state index contributed by atoms with van der Waals surface area (Å²) in [4.78, 5) is 8.40. The van der Waals surface area contributed by atoms with Crippen LogP contribution in [0.25, 0.3) is 11.1 Å². The Morgan fingerprint density at radius 1 is 0.909 bits per heavy atom. The van der Waals surface area contributed by atoms with E-state index >= 15 is 0 Å². The van der Waals surface area contributed by atoms with Gasteiger partial charge in [0.05, 0.1) is 0 Å². The van der Waals surface area contributed by atoms with Crippen molar-refractivity contribution in [3.05, 3.63) is 46.8 Å². The molecule has 0 atom stereocenters. The van der Waals surface area contributed by atoms with E-state index in [1.54, 1.807) is 0 Å². The van der Waals surface area contributed by atoms with Gasteiger partial charge >= 0.3 is 0 Å². The molecule has 118 valence electrons. The van der Waals surface area contributed by atoms with E-state index in [-0.39, 0.29) is 0 Å². The van der Waals surface area contributed by atoms with Crippen LogP contribution < -0.4 is 0 Å². The molecule has 1 aliphatic heterocycles. The first-order chi connectivity index (χ1) is 10.5. The number of aromatic nitrogens is 1. The zero-order valence-corrected chi connectivity index (χ0v) is 14.2. The number of aromatic amines is 1. The lowest BCUT2D eigenvalue weighted by atomic mass is 10.00. The van der Waals surface area contributed by atoms with E-state index in [9.17, 15) is 0 Å². The second-order valence-electron chi connectivity index (χ2n) is 6.65. The average molecular weight is 297 g/mol. The number of nitrogens with zero attached hydrogens (tertiary/aromatic N) is 2. The van der Waals surface area contributed by atoms with Crippen LogP contribution in [0.4, 0.5) is 0 Å². The van der Waals surface area contributed by atoms with Gasteiger partial charge in [-0.3, -0.25) is 4.90 Å². The van der Waals surface area contributed by atoms with Gasteiger partial charge in [-0.2, -0.15) is 0 Å². The molecule has 0 amide bonds. The van der Waals surface area contributed by atoms with Crippen LogP contribution in [0.3, 0.4) is 0 Å². The van der Waals surface area contributed by atoms with Gasteiger partial charge in [0.15, 0.2) is 0 Å². The van der Waals surface area contributed by atoms with Gasteiger partial charge in [-0.05, 0) is 44.5 Å². The summed E-state index contributed by atoms with van der Waals surface area (Å²) in [6.45, 7) is 12.3. The minimum atomic E-state index is 1.07. The molecule has 22 heavy (non-hydrogen) atoms. The molecule has 0 unspecified atom stereocenters. The number of H-pyrrole nitrogens is 1. The molecule has 1 aromatic heterocycles. The normalized spacial score (nSPS) is 17.1. The van der Waals surface area contributed by atoms with E-state index in [4.69, 9.17) is 0 Å². The van der Waals surface area contributed by atoms with E-state index < -0.39 is 0 Å². The maximum absolute atomic E-state index is 3.45. The molecular weight excluding hydrogens is 270 g/mol. The minimum Gasteiger partial charge on any atom is -0.362 e. The Morgan fingerprint density at radius 3 is 2.09 bits per heavy atom. The zero-order valence-electron chi connectivity index (χ0n) is 14.2. The summed E-state index contributed by atoms with van der Waals surface area (Å²) in [6.07, 6.45) is 0. The second kappa shape index (κ2) is 6.27. The molecule has 2 aromatic rings. The average Bonchev–Trinajstić information content (AvgIpc) is 2.76. The molecule has 1 fully saturated rings. The van der Waals surface area contributed by atoms with Gasteiger partial charge in [0, 0.05) is 49.7 Å². The molecule has 0 spiro atoms. The van der Waals surface area contributed by atoms with Crippen molar-refractivity contribution in [1.82, 2.24) is 14.8 Å². The van der Waals surface area contributed by atoms with E-state index in [1.807, 2.05) is 0 Å². The Hall–Kier alpha value is -1.58. The SMILES string of the molecule is Cc1[nH]c(C)c(-c2ccc(CN3CCN(C)CC3)cc2)c1C. The number of rotatable bonds is 3. The lowest BCUT2D eigenvalue weighted by Gasteiger charge is -2.32. The summed E-state index contributed by atoms with van der Waals surface area (Å²) in [5, 5.41) is 0. The van der Waals surface area contributed by atoms with Crippen molar-refractivity contribution in [2.45, 2.75) is 27.3 Å². The van der Waals surface area contributed by atoms with Gasteiger partial charge in [0.1, 0.15) is 0 Å². The van der Waals surface area contributed by atoms with Crippen molar-refractivity contribution in [2.24, 2.45) is 0 Å². The number of nitrogens with one attached hydrogen (secondary N) is 1. The molecule has 3 nitrogen and oxygen atoms in total.